The normalized spacial score (nSPS) is 15.6. The number of phenolic OH excluding ortho intramolecular Hbond substituents is 1. The molecule has 7 nitrogen and oxygen atoms in total. The summed E-state index contributed by atoms with van der Waals surface area (Å²) in [6.07, 6.45) is 1.77. The standard InChI is InChI=1S/C25H23IN2O5S/c1-4-32-17-9-7-16(8-10-17)22-21(24(31)33-5-2)14(3)27-25-28(22)23(30)20(34-25)13-15-6-11-19(29)18(26)12-15/h6-13,22,29H,4-5H2,1-3H3. The van der Waals surface area contributed by atoms with Gasteiger partial charge >= 0.3 is 5.97 Å². The number of esters is 1. The zero-order valence-electron chi connectivity index (χ0n) is 18.9. The molecule has 0 aliphatic carbocycles. The minimum absolute atomic E-state index is 0.185. The number of hydrogen-bond donors (Lipinski definition) is 1. The first-order valence-electron chi connectivity index (χ1n) is 10.7. The van der Waals surface area contributed by atoms with Crippen LogP contribution in [0.15, 0.2) is 63.5 Å². The van der Waals surface area contributed by atoms with Gasteiger partial charge in [0, 0.05) is 0 Å². The van der Waals surface area contributed by atoms with Crippen molar-refractivity contribution < 1.29 is 19.4 Å². The number of fused-ring (bicyclic) bond motifs is 1. The van der Waals surface area contributed by atoms with E-state index in [4.69, 9.17) is 9.47 Å². The fraction of sp³-hybridized carbons (Fsp3) is 0.240. The van der Waals surface area contributed by atoms with Gasteiger partial charge < -0.3 is 14.6 Å². The van der Waals surface area contributed by atoms with Crippen molar-refractivity contribution in [2.45, 2.75) is 26.8 Å². The number of hydrogen-bond acceptors (Lipinski definition) is 7. The number of ether oxygens (including phenoxy) is 2. The van der Waals surface area contributed by atoms with Gasteiger partial charge in [-0.25, -0.2) is 9.79 Å². The minimum atomic E-state index is -0.673. The average Bonchev–Trinajstić information content (AvgIpc) is 3.10. The van der Waals surface area contributed by atoms with Gasteiger partial charge in [-0.3, -0.25) is 9.36 Å². The number of aromatic nitrogens is 1. The summed E-state index contributed by atoms with van der Waals surface area (Å²) in [7, 11) is 0. The van der Waals surface area contributed by atoms with Gasteiger partial charge in [-0.1, -0.05) is 29.5 Å². The molecular formula is C25H23IN2O5S. The van der Waals surface area contributed by atoms with Crippen molar-refractivity contribution >= 4 is 46.0 Å². The highest BCUT2D eigenvalue weighted by Gasteiger charge is 2.33. The Labute approximate surface area is 213 Å². The molecule has 0 saturated carbocycles. The Bertz CT molecular complexity index is 1450. The number of thiazole rings is 1. The van der Waals surface area contributed by atoms with E-state index in [0.29, 0.717) is 36.5 Å². The van der Waals surface area contributed by atoms with Gasteiger partial charge in [-0.05, 0) is 84.8 Å². The molecule has 3 aromatic rings. The van der Waals surface area contributed by atoms with Gasteiger partial charge in [0.05, 0.1) is 38.6 Å². The molecule has 0 amide bonds. The smallest absolute Gasteiger partial charge is 0.338 e. The topological polar surface area (TPSA) is 90.1 Å². The summed E-state index contributed by atoms with van der Waals surface area (Å²) < 4.78 is 13.6. The number of phenols is 1. The Balaban J connectivity index is 1.91. The fourth-order valence-electron chi connectivity index (χ4n) is 3.78. The fourth-order valence-corrected chi connectivity index (χ4v) is 5.37. The second kappa shape index (κ2) is 10.1. The Hall–Kier alpha value is -2.92. The Morgan fingerprint density at radius 2 is 1.94 bits per heavy atom. The van der Waals surface area contributed by atoms with E-state index < -0.39 is 12.0 Å². The monoisotopic (exact) mass is 590 g/mol. The van der Waals surface area contributed by atoms with Crippen molar-refractivity contribution in [2.75, 3.05) is 13.2 Å². The van der Waals surface area contributed by atoms with E-state index in [1.807, 2.05) is 53.8 Å². The number of benzene rings is 2. The van der Waals surface area contributed by atoms with Crippen LogP contribution in [-0.4, -0.2) is 28.9 Å². The largest absolute Gasteiger partial charge is 0.507 e. The summed E-state index contributed by atoms with van der Waals surface area (Å²) in [5.74, 6) is 0.397. The number of rotatable bonds is 6. The van der Waals surface area contributed by atoms with Crippen molar-refractivity contribution in [2.24, 2.45) is 4.99 Å². The molecule has 9 heteroatoms. The number of carbonyl (C=O) groups is 1. The van der Waals surface area contributed by atoms with Crippen LogP contribution in [0.25, 0.3) is 6.08 Å². The maximum absolute atomic E-state index is 13.6. The molecule has 4 rings (SSSR count). The number of halogens is 1. The van der Waals surface area contributed by atoms with Crippen LogP contribution in [0.2, 0.25) is 0 Å². The Kier molecular flexibility index (Phi) is 7.22. The van der Waals surface area contributed by atoms with E-state index in [9.17, 15) is 14.7 Å². The first kappa shape index (κ1) is 24.2. The average molecular weight is 590 g/mol. The molecule has 176 valence electrons. The first-order valence-corrected chi connectivity index (χ1v) is 12.6. The van der Waals surface area contributed by atoms with E-state index in [1.54, 1.807) is 42.7 Å². The van der Waals surface area contributed by atoms with Crippen molar-refractivity contribution in [1.29, 1.82) is 0 Å². The molecule has 0 bridgehead atoms. The molecule has 2 aromatic carbocycles. The van der Waals surface area contributed by atoms with E-state index in [1.165, 1.54) is 11.3 Å². The SMILES string of the molecule is CCOC(=O)C1=C(C)N=c2sc(=Cc3ccc(O)c(I)c3)c(=O)n2C1c1ccc(OCC)cc1. The molecule has 1 aliphatic rings. The third-order valence-electron chi connectivity index (χ3n) is 5.29. The van der Waals surface area contributed by atoms with E-state index in [-0.39, 0.29) is 17.9 Å². The van der Waals surface area contributed by atoms with E-state index in [0.717, 1.165) is 11.1 Å². The lowest BCUT2D eigenvalue weighted by Gasteiger charge is -2.24. The van der Waals surface area contributed by atoms with Gasteiger partial charge in [-0.2, -0.15) is 0 Å². The summed E-state index contributed by atoms with van der Waals surface area (Å²) in [6.45, 7) is 6.17. The Morgan fingerprint density at radius 1 is 1.21 bits per heavy atom. The van der Waals surface area contributed by atoms with E-state index >= 15 is 0 Å². The van der Waals surface area contributed by atoms with Crippen LogP contribution in [0.5, 0.6) is 11.5 Å². The molecule has 0 fully saturated rings. The zero-order chi connectivity index (χ0) is 24.4. The third kappa shape index (κ3) is 4.67. The summed E-state index contributed by atoms with van der Waals surface area (Å²) in [6, 6.07) is 11.8. The number of allylic oxidation sites excluding steroid dienone is 1. The lowest BCUT2D eigenvalue weighted by molar-refractivity contribution is -0.139. The number of carbonyl (C=O) groups excluding carboxylic acids is 1. The maximum Gasteiger partial charge on any atom is 0.338 e. The van der Waals surface area contributed by atoms with Crippen LogP contribution in [0.4, 0.5) is 0 Å². The molecule has 34 heavy (non-hydrogen) atoms. The summed E-state index contributed by atoms with van der Waals surface area (Å²) in [5, 5.41) is 9.81. The van der Waals surface area contributed by atoms with Crippen LogP contribution in [0, 0.1) is 3.57 Å². The summed E-state index contributed by atoms with van der Waals surface area (Å²) in [5.41, 5.74) is 2.15. The Morgan fingerprint density at radius 3 is 2.59 bits per heavy atom. The predicted octanol–water partition coefficient (Wildman–Crippen LogP) is 3.51. The van der Waals surface area contributed by atoms with Crippen LogP contribution < -0.4 is 19.6 Å². The van der Waals surface area contributed by atoms with Crippen LogP contribution in [0.1, 0.15) is 37.9 Å². The second-order valence-corrected chi connectivity index (χ2v) is 9.69. The van der Waals surface area contributed by atoms with Gasteiger partial charge in [0.25, 0.3) is 5.56 Å². The lowest BCUT2D eigenvalue weighted by Crippen LogP contribution is -2.39. The molecule has 1 unspecified atom stereocenters. The molecule has 1 aromatic heterocycles. The quantitative estimate of drug-likeness (QED) is 0.351. The summed E-state index contributed by atoms with van der Waals surface area (Å²) >= 11 is 3.30. The zero-order valence-corrected chi connectivity index (χ0v) is 21.8. The third-order valence-corrected chi connectivity index (χ3v) is 7.14. The molecular weight excluding hydrogens is 567 g/mol. The highest BCUT2D eigenvalue weighted by molar-refractivity contribution is 14.1. The highest BCUT2D eigenvalue weighted by atomic mass is 127. The van der Waals surface area contributed by atoms with Crippen molar-refractivity contribution in [3.63, 3.8) is 0 Å². The highest BCUT2D eigenvalue weighted by Crippen LogP contribution is 2.31. The van der Waals surface area contributed by atoms with E-state index in [2.05, 4.69) is 4.99 Å². The second-order valence-electron chi connectivity index (χ2n) is 7.52. The number of nitrogens with zero attached hydrogens (tertiary/aromatic N) is 2. The first-order chi connectivity index (χ1) is 16.3. The maximum atomic E-state index is 13.6. The van der Waals surface area contributed by atoms with Crippen molar-refractivity contribution in [1.82, 2.24) is 4.57 Å². The van der Waals surface area contributed by atoms with Crippen LogP contribution in [-0.2, 0) is 9.53 Å². The summed E-state index contributed by atoms with van der Waals surface area (Å²) in [4.78, 5) is 31.6. The van der Waals surface area contributed by atoms with Crippen molar-refractivity contribution in [3.8, 4) is 11.5 Å². The lowest BCUT2D eigenvalue weighted by atomic mass is 9.96. The molecule has 0 saturated heterocycles. The van der Waals surface area contributed by atoms with Gasteiger partial charge in [0.1, 0.15) is 11.5 Å². The van der Waals surface area contributed by atoms with Gasteiger partial charge in [0.15, 0.2) is 4.80 Å². The molecule has 2 heterocycles. The predicted molar refractivity (Wildman–Crippen MR) is 139 cm³/mol. The van der Waals surface area contributed by atoms with Crippen LogP contribution >= 0.6 is 33.9 Å². The molecule has 1 atom stereocenters. The van der Waals surface area contributed by atoms with Gasteiger partial charge in [-0.15, -0.1) is 0 Å². The van der Waals surface area contributed by atoms with Crippen molar-refractivity contribution in [3.05, 3.63) is 88.1 Å². The molecule has 1 aliphatic heterocycles. The van der Waals surface area contributed by atoms with Gasteiger partial charge in [0.2, 0.25) is 0 Å². The molecule has 0 spiro atoms. The molecule has 1 N–H and O–H groups in total. The number of aromatic hydroxyl groups is 1. The van der Waals surface area contributed by atoms with Crippen LogP contribution in [0.3, 0.4) is 0 Å². The minimum Gasteiger partial charge on any atom is -0.507 e. The molecule has 0 radical (unpaired) electrons.